The molecule has 1 saturated heterocycles. The second-order valence-electron chi connectivity index (χ2n) is 7.83. The molecule has 0 bridgehead atoms. The number of benzene rings is 2. The minimum Gasteiger partial charge on any atom is -0.497 e. The normalized spacial score (nSPS) is 15.8. The number of guanidine groups is 1. The standard InChI is InChI=1S/C24H33FN4O/c1-26-24(27-13-10-19-4-3-5-22(25)16-19)28-17-20-11-14-29(15-12-20)18-21-6-8-23(30-2)9-7-21/h3-9,16,20H,10-15,17-18H2,1-2H3,(H2,26,27,28). The first-order valence-electron chi connectivity index (χ1n) is 10.7. The van der Waals surface area contributed by atoms with Crippen LogP contribution in [0.15, 0.2) is 53.5 Å². The first-order valence-corrected chi connectivity index (χ1v) is 10.7. The molecule has 0 unspecified atom stereocenters. The zero-order chi connectivity index (χ0) is 21.2. The summed E-state index contributed by atoms with van der Waals surface area (Å²) >= 11 is 0. The van der Waals surface area contributed by atoms with Crippen LogP contribution in [0.4, 0.5) is 4.39 Å². The molecule has 1 heterocycles. The van der Waals surface area contributed by atoms with Crippen LogP contribution in [0.1, 0.15) is 24.0 Å². The average molecular weight is 413 g/mol. The largest absolute Gasteiger partial charge is 0.497 e. The number of hydrogen-bond acceptors (Lipinski definition) is 3. The molecule has 30 heavy (non-hydrogen) atoms. The Labute approximate surface area is 179 Å². The van der Waals surface area contributed by atoms with Gasteiger partial charge in [-0.3, -0.25) is 9.89 Å². The van der Waals surface area contributed by atoms with Crippen LogP contribution in [0.25, 0.3) is 0 Å². The van der Waals surface area contributed by atoms with Gasteiger partial charge in [0, 0.05) is 26.7 Å². The molecule has 1 aliphatic heterocycles. The zero-order valence-electron chi connectivity index (χ0n) is 18.0. The van der Waals surface area contributed by atoms with Gasteiger partial charge in [0.1, 0.15) is 11.6 Å². The van der Waals surface area contributed by atoms with Crippen LogP contribution in [-0.4, -0.2) is 51.2 Å². The van der Waals surface area contributed by atoms with Crippen LogP contribution < -0.4 is 15.4 Å². The highest BCUT2D eigenvalue weighted by atomic mass is 19.1. The number of nitrogens with zero attached hydrogens (tertiary/aromatic N) is 2. The van der Waals surface area contributed by atoms with Crippen LogP contribution in [0, 0.1) is 11.7 Å². The van der Waals surface area contributed by atoms with Crippen molar-refractivity contribution in [3.05, 3.63) is 65.5 Å². The Bertz CT molecular complexity index is 801. The van der Waals surface area contributed by atoms with Gasteiger partial charge in [-0.2, -0.15) is 0 Å². The van der Waals surface area contributed by atoms with Gasteiger partial charge in [0.25, 0.3) is 0 Å². The third kappa shape index (κ3) is 7.02. The maximum atomic E-state index is 13.3. The van der Waals surface area contributed by atoms with Crippen molar-refractivity contribution in [2.75, 3.05) is 40.3 Å². The number of halogens is 1. The molecule has 1 aliphatic rings. The first kappa shape index (κ1) is 22.1. The van der Waals surface area contributed by atoms with E-state index in [0.717, 1.165) is 56.4 Å². The monoisotopic (exact) mass is 412 g/mol. The molecular weight excluding hydrogens is 379 g/mol. The fourth-order valence-electron chi connectivity index (χ4n) is 3.82. The summed E-state index contributed by atoms with van der Waals surface area (Å²) in [6.45, 7) is 4.88. The predicted molar refractivity (Wildman–Crippen MR) is 120 cm³/mol. The van der Waals surface area contributed by atoms with E-state index in [1.54, 1.807) is 26.3 Å². The van der Waals surface area contributed by atoms with E-state index in [-0.39, 0.29) is 5.82 Å². The first-order chi connectivity index (χ1) is 14.7. The van der Waals surface area contributed by atoms with Gasteiger partial charge in [-0.1, -0.05) is 24.3 Å². The van der Waals surface area contributed by atoms with Crippen molar-refractivity contribution in [3.8, 4) is 5.75 Å². The van der Waals surface area contributed by atoms with E-state index in [4.69, 9.17) is 4.74 Å². The number of rotatable bonds is 8. The van der Waals surface area contributed by atoms with Gasteiger partial charge in [0.15, 0.2) is 5.96 Å². The lowest BCUT2D eigenvalue weighted by atomic mass is 9.96. The number of likely N-dealkylation sites (tertiary alicyclic amines) is 1. The summed E-state index contributed by atoms with van der Waals surface area (Å²) in [6.07, 6.45) is 3.13. The summed E-state index contributed by atoms with van der Waals surface area (Å²) in [5.41, 5.74) is 2.32. The van der Waals surface area contributed by atoms with E-state index in [1.165, 1.54) is 24.5 Å². The van der Waals surface area contributed by atoms with E-state index in [0.29, 0.717) is 5.92 Å². The molecule has 0 atom stereocenters. The zero-order valence-corrected chi connectivity index (χ0v) is 18.0. The van der Waals surface area contributed by atoms with Crippen molar-refractivity contribution >= 4 is 5.96 Å². The Morgan fingerprint density at radius 2 is 1.87 bits per heavy atom. The number of piperidine rings is 1. The van der Waals surface area contributed by atoms with E-state index in [1.807, 2.05) is 18.2 Å². The summed E-state index contributed by atoms with van der Waals surface area (Å²) in [4.78, 5) is 6.82. The summed E-state index contributed by atoms with van der Waals surface area (Å²) in [6, 6.07) is 15.1. The van der Waals surface area contributed by atoms with Crippen LogP contribution >= 0.6 is 0 Å². The van der Waals surface area contributed by atoms with E-state index in [2.05, 4.69) is 32.7 Å². The lowest BCUT2D eigenvalue weighted by Crippen LogP contribution is -2.43. The molecule has 6 heteroatoms. The highest BCUT2D eigenvalue weighted by molar-refractivity contribution is 5.79. The predicted octanol–water partition coefficient (Wildman–Crippen LogP) is 3.45. The molecule has 162 valence electrons. The van der Waals surface area contributed by atoms with Crippen LogP contribution in [0.2, 0.25) is 0 Å². The molecule has 0 aromatic heterocycles. The molecule has 1 fully saturated rings. The van der Waals surface area contributed by atoms with Crippen molar-refractivity contribution in [1.82, 2.24) is 15.5 Å². The Morgan fingerprint density at radius 3 is 2.53 bits per heavy atom. The quantitative estimate of drug-likeness (QED) is 0.515. The molecule has 0 spiro atoms. The van der Waals surface area contributed by atoms with Gasteiger partial charge in [-0.25, -0.2) is 4.39 Å². The van der Waals surface area contributed by atoms with Crippen molar-refractivity contribution in [2.45, 2.75) is 25.8 Å². The molecule has 0 aliphatic carbocycles. The van der Waals surface area contributed by atoms with E-state index < -0.39 is 0 Å². The van der Waals surface area contributed by atoms with Crippen molar-refractivity contribution in [3.63, 3.8) is 0 Å². The lowest BCUT2D eigenvalue weighted by molar-refractivity contribution is 0.178. The van der Waals surface area contributed by atoms with E-state index in [9.17, 15) is 4.39 Å². The molecule has 2 aromatic carbocycles. The molecule has 3 rings (SSSR count). The number of ether oxygens (including phenoxy) is 1. The van der Waals surface area contributed by atoms with Crippen molar-refractivity contribution in [1.29, 1.82) is 0 Å². The molecule has 0 saturated carbocycles. The highest BCUT2D eigenvalue weighted by Gasteiger charge is 2.19. The molecule has 0 amide bonds. The summed E-state index contributed by atoms with van der Waals surface area (Å²) in [5.74, 6) is 2.18. The van der Waals surface area contributed by atoms with Crippen LogP contribution in [-0.2, 0) is 13.0 Å². The summed E-state index contributed by atoms with van der Waals surface area (Å²) < 4.78 is 18.5. The fraction of sp³-hybridized carbons (Fsp3) is 0.458. The maximum Gasteiger partial charge on any atom is 0.190 e. The van der Waals surface area contributed by atoms with Gasteiger partial charge in [0.05, 0.1) is 7.11 Å². The second kappa shape index (κ2) is 11.6. The summed E-state index contributed by atoms with van der Waals surface area (Å²) in [5, 5.41) is 6.77. The third-order valence-electron chi connectivity index (χ3n) is 5.65. The number of hydrogen-bond donors (Lipinski definition) is 2. The van der Waals surface area contributed by atoms with Gasteiger partial charge in [-0.15, -0.1) is 0 Å². The fourth-order valence-corrected chi connectivity index (χ4v) is 3.82. The smallest absolute Gasteiger partial charge is 0.190 e. The van der Waals surface area contributed by atoms with Crippen LogP contribution in [0.3, 0.4) is 0 Å². The third-order valence-corrected chi connectivity index (χ3v) is 5.65. The molecular formula is C24H33FN4O. The molecule has 2 aromatic rings. The average Bonchev–Trinajstić information content (AvgIpc) is 2.78. The second-order valence-corrected chi connectivity index (χ2v) is 7.83. The van der Waals surface area contributed by atoms with Gasteiger partial charge >= 0.3 is 0 Å². The van der Waals surface area contributed by atoms with Gasteiger partial charge in [0.2, 0.25) is 0 Å². The highest BCUT2D eigenvalue weighted by Crippen LogP contribution is 2.19. The number of aliphatic imine (C=N–C) groups is 1. The Kier molecular flexibility index (Phi) is 8.51. The topological polar surface area (TPSA) is 48.9 Å². The van der Waals surface area contributed by atoms with E-state index >= 15 is 0 Å². The summed E-state index contributed by atoms with van der Waals surface area (Å²) in [7, 11) is 3.48. The molecule has 0 radical (unpaired) electrons. The minimum absolute atomic E-state index is 0.187. The Hall–Kier alpha value is -2.60. The number of nitrogens with one attached hydrogen (secondary N) is 2. The lowest BCUT2D eigenvalue weighted by Gasteiger charge is -2.32. The SMILES string of the molecule is CN=C(NCCc1cccc(F)c1)NCC1CCN(Cc2ccc(OC)cc2)CC1. The molecule has 5 nitrogen and oxygen atoms in total. The number of methoxy groups -OCH3 is 1. The maximum absolute atomic E-state index is 13.3. The Balaban J connectivity index is 1.33. The molecule has 2 N–H and O–H groups in total. The van der Waals surface area contributed by atoms with Gasteiger partial charge < -0.3 is 15.4 Å². The van der Waals surface area contributed by atoms with Gasteiger partial charge in [-0.05, 0) is 73.7 Å². The minimum atomic E-state index is -0.187. The van der Waals surface area contributed by atoms with Crippen molar-refractivity contribution < 1.29 is 9.13 Å². The van der Waals surface area contributed by atoms with Crippen molar-refractivity contribution in [2.24, 2.45) is 10.9 Å². The Morgan fingerprint density at radius 1 is 1.10 bits per heavy atom. The van der Waals surface area contributed by atoms with Crippen LogP contribution in [0.5, 0.6) is 5.75 Å².